The van der Waals surface area contributed by atoms with E-state index < -0.39 is 0 Å². The third-order valence-electron chi connectivity index (χ3n) is 5.43. The van der Waals surface area contributed by atoms with Crippen molar-refractivity contribution in [3.8, 4) is 17.1 Å². The lowest BCUT2D eigenvalue weighted by Crippen LogP contribution is -2.30. The highest BCUT2D eigenvalue weighted by molar-refractivity contribution is 5.86. The van der Waals surface area contributed by atoms with Crippen LogP contribution in [0.5, 0.6) is 5.88 Å². The number of benzene rings is 2. The summed E-state index contributed by atoms with van der Waals surface area (Å²) in [6, 6.07) is 16.8. The predicted octanol–water partition coefficient (Wildman–Crippen LogP) is 5.25. The number of aromatic nitrogens is 2. The van der Waals surface area contributed by atoms with Crippen molar-refractivity contribution in [2.45, 2.75) is 39.0 Å². The van der Waals surface area contributed by atoms with Crippen LogP contribution >= 0.6 is 0 Å². The van der Waals surface area contributed by atoms with Gasteiger partial charge in [0, 0.05) is 11.6 Å². The number of hydrogen-bond acceptors (Lipinski definition) is 4. The summed E-state index contributed by atoms with van der Waals surface area (Å²) in [5.41, 5.74) is 2.01. The Morgan fingerprint density at radius 1 is 0.893 bits per heavy atom. The highest BCUT2D eigenvalue weighted by Crippen LogP contribution is 2.25. The Morgan fingerprint density at radius 3 is 2.57 bits per heavy atom. The fourth-order valence-corrected chi connectivity index (χ4v) is 3.91. The van der Waals surface area contributed by atoms with E-state index in [1.807, 2.05) is 13.0 Å². The molecule has 4 rings (SSSR count). The van der Waals surface area contributed by atoms with E-state index in [2.05, 4.69) is 57.3 Å². The molecule has 0 unspecified atom stereocenters. The summed E-state index contributed by atoms with van der Waals surface area (Å²) in [5.74, 6) is 1.42. The van der Waals surface area contributed by atoms with E-state index >= 15 is 0 Å². The van der Waals surface area contributed by atoms with Gasteiger partial charge in [0.2, 0.25) is 5.88 Å². The van der Waals surface area contributed by atoms with Crippen molar-refractivity contribution >= 4 is 10.8 Å². The predicted molar refractivity (Wildman–Crippen MR) is 115 cm³/mol. The molecule has 28 heavy (non-hydrogen) atoms. The first-order valence-corrected chi connectivity index (χ1v) is 10.5. The van der Waals surface area contributed by atoms with E-state index in [9.17, 15) is 0 Å². The zero-order valence-corrected chi connectivity index (χ0v) is 16.7. The van der Waals surface area contributed by atoms with Crippen LogP contribution in [0.1, 0.15) is 37.9 Å². The molecule has 3 aromatic rings. The van der Waals surface area contributed by atoms with Crippen molar-refractivity contribution in [3.63, 3.8) is 0 Å². The Balaban J connectivity index is 1.36. The maximum Gasteiger partial charge on any atom is 0.217 e. The van der Waals surface area contributed by atoms with Gasteiger partial charge in [-0.3, -0.25) is 0 Å². The smallest absolute Gasteiger partial charge is 0.217 e. The Bertz CT molecular complexity index is 919. The summed E-state index contributed by atoms with van der Waals surface area (Å²) < 4.78 is 5.96. The van der Waals surface area contributed by atoms with Crippen molar-refractivity contribution in [2.75, 3.05) is 26.2 Å². The topological polar surface area (TPSA) is 38.2 Å². The van der Waals surface area contributed by atoms with E-state index in [0.29, 0.717) is 12.5 Å². The van der Waals surface area contributed by atoms with Crippen LogP contribution in [-0.4, -0.2) is 41.1 Å². The van der Waals surface area contributed by atoms with E-state index in [1.54, 1.807) is 0 Å². The van der Waals surface area contributed by atoms with Crippen molar-refractivity contribution < 1.29 is 4.74 Å². The highest BCUT2D eigenvalue weighted by Gasteiger charge is 2.10. The number of rotatable bonds is 7. The summed E-state index contributed by atoms with van der Waals surface area (Å²) in [6.07, 6.45) is 6.35. The minimum atomic E-state index is 0.675. The van der Waals surface area contributed by atoms with Crippen LogP contribution in [0.4, 0.5) is 0 Å². The van der Waals surface area contributed by atoms with Gasteiger partial charge in [0.15, 0.2) is 0 Å². The van der Waals surface area contributed by atoms with Crippen molar-refractivity contribution in [1.82, 2.24) is 14.9 Å². The van der Waals surface area contributed by atoms with Crippen LogP contribution in [-0.2, 0) is 0 Å². The normalized spacial score (nSPS) is 15.0. The van der Waals surface area contributed by atoms with Gasteiger partial charge in [-0.25, -0.2) is 4.98 Å². The first-order valence-electron chi connectivity index (χ1n) is 10.5. The first-order chi connectivity index (χ1) is 13.8. The van der Waals surface area contributed by atoms with Crippen LogP contribution in [0.25, 0.3) is 22.0 Å². The lowest BCUT2D eigenvalue weighted by Gasteiger charge is -2.26. The Morgan fingerprint density at radius 2 is 1.71 bits per heavy atom. The van der Waals surface area contributed by atoms with Gasteiger partial charge in [0.05, 0.1) is 12.3 Å². The number of ether oxygens (including phenoxy) is 1. The maximum atomic E-state index is 5.96. The molecule has 4 heteroatoms. The SMILES string of the molecule is Cc1nc(OCCCCN2CCCCC2)cc(-c2ccc3ccccc3c2)n1. The molecule has 1 aliphatic rings. The van der Waals surface area contributed by atoms with Gasteiger partial charge >= 0.3 is 0 Å². The zero-order valence-electron chi connectivity index (χ0n) is 16.7. The number of fused-ring (bicyclic) bond motifs is 1. The highest BCUT2D eigenvalue weighted by atomic mass is 16.5. The van der Waals surface area contributed by atoms with Crippen molar-refractivity contribution in [3.05, 3.63) is 54.4 Å². The number of unbranched alkanes of at least 4 members (excludes halogenated alkanes) is 1. The number of hydrogen-bond donors (Lipinski definition) is 0. The summed E-state index contributed by atoms with van der Waals surface area (Å²) in [5, 5.41) is 2.46. The second kappa shape index (κ2) is 9.16. The Hall–Kier alpha value is -2.46. The summed E-state index contributed by atoms with van der Waals surface area (Å²) >= 11 is 0. The third kappa shape index (κ3) is 4.87. The van der Waals surface area contributed by atoms with Crippen LogP contribution in [0.2, 0.25) is 0 Å². The lowest BCUT2D eigenvalue weighted by atomic mass is 10.0. The zero-order chi connectivity index (χ0) is 19.2. The summed E-state index contributed by atoms with van der Waals surface area (Å²) in [6.45, 7) is 6.35. The molecule has 0 amide bonds. The molecule has 0 radical (unpaired) electrons. The molecule has 1 aliphatic heterocycles. The molecule has 0 atom stereocenters. The van der Waals surface area contributed by atoms with Crippen LogP contribution in [0, 0.1) is 6.92 Å². The lowest BCUT2D eigenvalue weighted by molar-refractivity contribution is 0.215. The van der Waals surface area contributed by atoms with E-state index in [-0.39, 0.29) is 0 Å². The van der Waals surface area contributed by atoms with Gasteiger partial charge in [0.1, 0.15) is 5.82 Å². The molecule has 2 aromatic carbocycles. The van der Waals surface area contributed by atoms with Crippen molar-refractivity contribution in [1.29, 1.82) is 0 Å². The number of aryl methyl sites for hydroxylation is 1. The molecule has 0 aliphatic carbocycles. The fraction of sp³-hybridized carbons (Fsp3) is 0.417. The van der Waals surface area contributed by atoms with Crippen LogP contribution in [0.3, 0.4) is 0 Å². The molecule has 1 fully saturated rings. The number of likely N-dealkylation sites (tertiary alicyclic amines) is 1. The van der Waals surface area contributed by atoms with Gasteiger partial charge in [0.25, 0.3) is 0 Å². The van der Waals surface area contributed by atoms with Crippen LogP contribution < -0.4 is 4.74 Å². The third-order valence-corrected chi connectivity index (χ3v) is 5.43. The number of piperidine rings is 1. The largest absolute Gasteiger partial charge is 0.478 e. The average Bonchev–Trinajstić information content (AvgIpc) is 2.73. The van der Waals surface area contributed by atoms with Gasteiger partial charge in [-0.15, -0.1) is 0 Å². The van der Waals surface area contributed by atoms with Crippen molar-refractivity contribution in [2.24, 2.45) is 0 Å². The first kappa shape index (κ1) is 18.9. The van der Waals surface area contributed by atoms with E-state index in [4.69, 9.17) is 4.74 Å². The molecular formula is C24H29N3O. The molecular weight excluding hydrogens is 346 g/mol. The monoisotopic (exact) mass is 375 g/mol. The standard InChI is InChI=1S/C24H29N3O/c1-19-25-23(22-12-11-20-9-3-4-10-21(20)17-22)18-24(26-19)28-16-8-7-15-27-13-5-2-6-14-27/h3-4,9-12,17-18H,2,5-8,13-16H2,1H3. The second-order valence-electron chi connectivity index (χ2n) is 7.66. The van der Waals surface area contributed by atoms with E-state index in [1.165, 1.54) is 56.1 Å². The summed E-state index contributed by atoms with van der Waals surface area (Å²) in [7, 11) is 0. The van der Waals surface area contributed by atoms with E-state index in [0.717, 1.165) is 23.5 Å². The molecule has 4 nitrogen and oxygen atoms in total. The van der Waals surface area contributed by atoms with Gasteiger partial charge < -0.3 is 9.64 Å². The molecule has 0 bridgehead atoms. The molecule has 0 spiro atoms. The summed E-state index contributed by atoms with van der Waals surface area (Å²) in [4.78, 5) is 11.7. The maximum absolute atomic E-state index is 5.96. The Kier molecular flexibility index (Phi) is 6.17. The molecule has 1 aromatic heterocycles. The average molecular weight is 376 g/mol. The van der Waals surface area contributed by atoms with Gasteiger partial charge in [-0.2, -0.15) is 4.98 Å². The van der Waals surface area contributed by atoms with Gasteiger partial charge in [-0.05, 0) is 69.1 Å². The molecule has 0 N–H and O–H groups in total. The van der Waals surface area contributed by atoms with Crippen LogP contribution in [0.15, 0.2) is 48.5 Å². The quantitative estimate of drug-likeness (QED) is 0.529. The molecule has 0 saturated carbocycles. The van der Waals surface area contributed by atoms with Gasteiger partial charge in [-0.1, -0.05) is 42.8 Å². The number of nitrogens with zero attached hydrogens (tertiary/aromatic N) is 3. The molecule has 2 heterocycles. The molecule has 146 valence electrons. The minimum absolute atomic E-state index is 0.675. The Labute approximate surface area is 167 Å². The second-order valence-corrected chi connectivity index (χ2v) is 7.66. The minimum Gasteiger partial charge on any atom is -0.478 e. The molecule has 1 saturated heterocycles. The fourth-order valence-electron chi connectivity index (χ4n) is 3.91.